The first-order valence-corrected chi connectivity index (χ1v) is 14.1. The number of nitrogens with one attached hydrogen (secondary N) is 4. The summed E-state index contributed by atoms with van der Waals surface area (Å²) in [5.41, 5.74) is 5.55. The van der Waals surface area contributed by atoms with E-state index in [1.807, 2.05) is 44.3 Å². The number of hydrogen-bond donors (Lipinski definition) is 4. The fraction of sp³-hybridized carbons (Fsp3) is 0.419. The highest BCUT2D eigenvalue weighted by Crippen LogP contribution is 2.32. The number of carbonyl (C=O) groups is 1. The third kappa shape index (κ3) is 6.09. The summed E-state index contributed by atoms with van der Waals surface area (Å²) in [5.74, 6) is 0.606. The van der Waals surface area contributed by atoms with Crippen LogP contribution in [0.3, 0.4) is 0 Å². The molecule has 1 amide bonds. The summed E-state index contributed by atoms with van der Waals surface area (Å²) in [5, 5.41) is 14.8. The molecule has 210 valence electrons. The van der Waals surface area contributed by atoms with Crippen molar-refractivity contribution < 1.29 is 4.79 Å². The predicted molar refractivity (Wildman–Crippen MR) is 161 cm³/mol. The Labute approximate surface area is 235 Å². The summed E-state index contributed by atoms with van der Waals surface area (Å²) < 4.78 is 0. The third-order valence-corrected chi connectivity index (χ3v) is 8.11. The minimum Gasteiger partial charge on any atom is -0.382 e. The monoisotopic (exact) mass is 541 g/mol. The summed E-state index contributed by atoms with van der Waals surface area (Å²) >= 11 is 0. The number of H-pyrrole nitrogens is 1. The van der Waals surface area contributed by atoms with E-state index in [1.54, 1.807) is 0 Å². The number of aromatic nitrogens is 2. The molecule has 0 spiro atoms. The van der Waals surface area contributed by atoms with Gasteiger partial charge >= 0.3 is 0 Å². The molecule has 4 N–H and O–H groups in total. The number of likely N-dealkylation sites (N-methyl/N-ethyl adjacent to an activating group) is 1. The number of anilines is 2. The Morgan fingerprint density at radius 3 is 2.55 bits per heavy atom. The predicted octanol–water partition coefficient (Wildman–Crippen LogP) is 4.09. The maximum atomic E-state index is 13.6. The van der Waals surface area contributed by atoms with Crippen LogP contribution in [0.5, 0.6) is 0 Å². The van der Waals surface area contributed by atoms with E-state index in [0.29, 0.717) is 22.7 Å². The lowest BCUT2D eigenvalue weighted by molar-refractivity contribution is 0.0950. The van der Waals surface area contributed by atoms with Crippen LogP contribution in [-0.4, -0.2) is 66.3 Å². The van der Waals surface area contributed by atoms with Crippen molar-refractivity contribution in [3.05, 3.63) is 74.8 Å². The molecule has 0 radical (unpaired) electrons. The molecule has 1 saturated carbocycles. The zero-order chi connectivity index (χ0) is 28.2. The van der Waals surface area contributed by atoms with Gasteiger partial charge in [0.15, 0.2) is 0 Å². The highest BCUT2D eigenvalue weighted by atomic mass is 16.1. The average molecular weight is 542 g/mol. The summed E-state index contributed by atoms with van der Waals surface area (Å²) in [6.45, 7) is 7.63. The zero-order valence-corrected chi connectivity index (χ0v) is 23.6. The maximum Gasteiger partial charge on any atom is 0.253 e. The number of benzene rings is 1. The SMILES string of the molecule is Cc1cc(C)c(CNC(=O)c2cc(-c3ccnc(N4CCN(C)CC4)c3)cc(NC3CCCC3)c2C=N)c(=O)[nH]1. The van der Waals surface area contributed by atoms with Gasteiger partial charge in [0.2, 0.25) is 0 Å². The molecular weight excluding hydrogens is 502 g/mol. The average Bonchev–Trinajstić information content (AvgIpc) is 3.45. The first-order chi connectivity index (χ1) is 19.3. The number of hydrogen-bond acceptors (Lipinski definition) is 7. The van der Waals surface area contributed by atoms with Crippen molar-refractivity contribution in [1.82, 2.24) is 20.2 Å². The number of carbonyl (C=O) groups excluding carboxylic acids is 1. The Morgan fingerprint density at radius 2 is 1.85 bits per heavy atom. The molecule has 0 bridgehead atoms. The molecule has 0 atom stereocenters. The number of piperazine rings is 1. The van der Waals surface area contributed by atoms with Crippen LogP contribution in [0.2, 0.25) is 0 Å². The van der Waals surface area contributed by atoms with E-state index in [-0.39, 0.29) is 18.0 Å². The molecule has 2 fully saturated rings. The number of aromatic amines is 1. The largest absolute Gasteiger partial charge is 0.382 e. The smallest absolute Gasteiger partial charge is 0.253 e. The molecular formula is C31H39N7O2. The molecule has 5 rings (SSSR count). The van der Waals surface area contributed by atoms with Crippen molar-refractivity contribution in [3.63, 3.8) is 0 Å². The summed E-state index contributed by atoms with van der Waals surface area (Å²) in [7, 11) is 2.13. The Hall–Kier alpha value is -3.98. The summed E-state index contributed by atoms with van der Waals surface area (Å²) in [6.07, 6.45) is 7.57. The molecule has 1 aliphatic heterocycles. The lowest BCUT2D eigenvalue weighted by Gasteiger charge is -2.33. The lowest BCUT2D eigenvalue weighted by Crippen LogP contribution is -2.44. The van der Waals surface area contributed by atoms with Gasteiger partial charge in [-0.1, -0.05) is 12.8 Å². The van der Waals surface area contributed by atoms with Crippen LogP contribution in [0, 0.1) is 19.3 Å². The van der Waals surface area contributed by atoms with Crippen LogP contribution < -0.4 is 21.1 Å². The van der Waals surface area contributed by atoms with Crippen LogP contribution in [-0.2, 0) is 6.54 Å². The minimum atomic E-state index is -0.317. The highest BCUT2D eigenvalue weighted by molar-refractivity contribution is 6.06. The van der Waals surface area contributed by atoms with E-state index in [4.69, 9.17) is 5.41 Å². The number of rotatable bonds is 8. The van der Waals surface area contributed by atoms with Gasteiger partial charge in [0, 0.05) is 73.7 Å². The highest BCUT2D eigenvalue weighted by Gasteiger charge is 2.22. The van der Waals surface area contributed by atoms with Crippen LogP contribution in [0.1, 0.15) is 58.4 Å². The minimum absolute atomic E-state index is 0.107. The van der Waals surface area contributed by atoms with Gasteiger partial charge < -0.3 is 30.8 Å². The fourth-order valence-corrected chi connectivity index (χ4v) is 5.74. The van der Waals surface area contributed by atoms with Gasteiger partial charge in [-0.25, -0.2) is 4.98 Å². The van der Waals surface area contributed by atoms with Gasteiger partial charge in [-0.15, -0.1) is 0 Å². The fourth-order valence-electron chi connectivity index (χ4n) is 5.74. The third-order valence-electron chi connectivity index (χ3n) is 8.11. The van der Waals surface area contributed by atoms with Gasteiger partial charge in [0.1, 0.15) is 5.82 Å². The Kier molecular flexibility index (Phi) is 8.30. The number of amides is 1. The Balaban J connectivity index is 1.49. The zero-order valence-electron chi connectivity index (χ0n) is 23.6. The van der Waals surface area contributed by atoms with Crippen molar-refractivity contribution in [2.75, 3.05) is 43.4 Å². The molecule has 2 aromatic heterocycles. The molecule has 1 aliphatic carbocycles. The number of pyridine rings is 2. The van der Waals surface area contributed by atoms with E-state index in [0.717, 1.165) is 72.9 Å². The van der Waals surface area contributed by atoms with E-state index < -0.39 is 0 Å². The quantitative estimate of drug-likeness (QED) is 0.319. The molecule has 3 aromatic rings. The standard InChI is InChI=1S/C31H39N7O2/c1-20-14-21(2)35-31(40)27(20)19-34-30(39)25-15-23(16-28(26(25)18-32)36-24-6-4-5-7-24)22-8-9-33-29(17-22)38-12-10-37(3)11-13-38/h8-9,14-18,24,32,36H,4-7,10-13,19H2,1-3H3,(H,34,39)(H,35,40). The van der Waals surface area contributed by atoms with Gasteiger partial charge in [0.05, 0.1) is 5.56 Å². The Bertz CT molecular complexity index is 1450. The van der Waals surface area contributed by atoms with Crippen LogP contribution in [0.15, 0.2) is 41.3 Å². The number of nitrogens with zero attached hydrogens (tertiary/aromatic N) is 3. The van der Waals surface area contributed by atoms with Crippen LogP contribution in [0.4, 0.5) is 11.5 Å². The molecule has 2 aliphatic rings. The topological polar surface area (TPSA) is 117 Å². The summed E-state index contributed by atoms with van der Waals surface area (Å²) in [6, 6.07) is 10.2. The second-order valence-electron chi connectivity index (χ2n) is 11.1. The second kappa shape index (κ2) is 12.0. The van der Waals surface area contributed by atoms with Crippen LogP contribution in [0.25, 0.3) is 11.1 Å². The first-order valence-electron chi connectivity index (χ1n) is 14.1. The molecule has 1 saturated heterocycles. The normalized spacial score (nSPS) is 16.2. The molecule has 40 heavy (non-hydrogen) atoms. The van der Waals surface area contributed by atoms with Gasteiger partial charge in [-0.2, -0.15) is 0 Å². The van der Waals surface area contributed by atoms with Crippen molar-refractivity contribution in [1.29, 1.82) is 5.41 Å². The van der Waals surface area contributed by atoms with Crippen molar-refractivity contribution in [2.45, 2.75) is 52.1 Å². The van der Waals surface area contributed by atoms with Gasteiger partial charge in [-0.3, -0.25) is 9.59 Å². The first kappa shape index (κ1) is 27.6. The molecule has 9 heteroatoms. The van der Waals surface area contributed by atoms with E-state index in [1.165, 1.54) is 19.1 Å². The molecule has 0 unspecified atom stereocenters. The van der Waals surface area contributed by atoms with Crippen LogP contribution >= 0.6 is 0 Å². The lowest BCUT2D eigenvalue weighted by atomic mass is 9.96. The molecule has 9 nitrogen and oxygen atoms in total. The molecule has 1 aromatic carbocycles. The van der Waals surface area contributed by atoms with Gasteiger partial charge in [-0.05, 0) is 80.8 Å². The van der Waals surface area contributed by atoms with Crippen molar-refractivity contribution >= 4 is 23.6 Å². The molecule has 3 heterocycles. The Morgan fingerprint density at radius 1 is 1.10 bits per heavy atom. The van der Waals surface area contributed by atoms with Crippen molar-refractivity contribution in [2.24, 2.45) is 0 Å². The second-order valence-corrected chi connectivity index (χ2v) is 11.1. The van der Waals surface area contributed by atoms with Crippen molar-refractivity contribution in [3.8, 4) is 11.1 Å². The maximum absolute atomic E-state index is 13.6. The summed E-state index contributed by atoms with van der Waals surface area (Å²) in [4.78, 5) is 38.2. The van der Waals surface area contributed by atoms with E-state index >= 15 is 0 Å². The number of aryl methyl sites for hydroxylation is 2. The van der Waals surface area contributed by atoms with E-state index in [2.05, 4.69) is 43.5 Å². The van der Waals surface area contributed by atoms with E-state index in [9.17, 15) is 9.59 Å². The van der Waals surface area contributed by atoms with Gasteiger partial charge in [0.25, 0.3) is 11.5 Å².